The third-order valence-corrected chi connectivity index (χ3v) is 7.89. The predicted molar refractivity (Wildman–Crippen MR) is 139 cm³/mol. The van der Waals surface area contributed by atoms with Crippen molar-refractivity contribution in [1.82, 2.24) is 14.7 Å². The van der Waals surface area contributed by atoms with Crippen LogP contribution in [0.4, 0.5) is 5.69 Å². The Morgan fingerprint density at radius 2 is 1.46 bits per heavy atom. The molecule has 1 spiro atoms. The van der Waals surface area contributed by atoms with E-state index in [-0.39, 0.29) is 24.3 Å². The van der Waals surface area contributed by atoms with Gasteiger partial charge in [0.05, 0.1) is 20.9 Å². The van der Waals surface area contributed by atoms with Crippen LogP contribution >= 0.6 is 0 Å². The van der Waals surface area contributed by atoms with Gasteiger partial charge < -0.3 is 29.1 Å². The van der Waals surface area contributed by atoms with Gasteiger partial charge in [-0.15, -0.1) is 0 Å². The normalized spacial score (nSPS) is 19.0. The molecular weight excluding hydrogens is 472 g/mol. The highest BCUT2D eigenvalue weighted by Crippen LogP contribution is 2.40. The molecule has 3 aliphatic rings. The van der Waals surface area contributed by atoms with Crippen LogP contribution in [0.2, 0.25) is 0 Å². The number of ether oxygens (including phenoxy) is 2. The molecule has 3 heterocycles. The van der Waals surface area contributed by atoms with E-state index in [0.29, 0.717) is 49.7 Å². The summed E-state index contributed by atoms with van der Waals surface area (Å²) < 4.78 is 10.9. The van der Waals surface area contributed by atoms with Crippen molar-refractivity contribution in [2.75, 3.05) is 58.5 Å². The number of rotatable bonds is 6. The number of hydrogen-bond acceptors (Lipinski definition) is 6. The number of nitrogens with zero attached hydrogens (tertiary/aromatic N) is 4. The standard InChI is InChI=1S/C28H34N4O5/c1-36-22-11-8-12-23(37-2)25(22)26(34)30-17-13-28(14-18-30)27(35)31(19-24(33)29-15-6-7-16-29)20-32(28)21-9-4-3-5-10-21/h3-5,8-12H,6-7,13-20H2,1-2H3. The van der Waals surface area contributed by atoms with Crippen LogP contribution in [0, 0.1) is 0 Å². The Balaban J connectivity index is 1.38. The lowest BCUT2D eigenvalue weighted by Gasteiger charge is -2.43. The summed E-state index contributed by atoms with van der Waals surface area (Å²) in [7, 11) is 3.06. The molecule has 0 radical (unpaired) electrons. The van der Waals surface area contributed by atoms with Gasteiger partial charge in [0.25, 0.3) is 11.8 Å². The summed E-state index contributed by atoms with van der Waals surface area (Å²) in [5.41, 5.74) is 0.533. The summed E-state index contributed by atoms with van der Waals surface area (Å²) in [6, 6.07) is 15.1. The topological polar surface area (TPSA) is 82.6 Å². The highest BCUT2D eigenvalue weighted by atomic mass is 16.5. The van der Waals surface area contributed by atoms with Gasteiger partial charge >= 0.3 is 0 Å². The number of methoxy groups -OCH3 is 2. The quantitative estimate of drug-likeness (QED) is 0.599. The van der Waals surface area contributed by atoms with E-state index in [4.69, 9.17) is 9.47 Å². The highest BCUT2D eigenvalue weighted by molar-refractivity contribution is 6.01. The number of anilines is 1. The van der Waals surface area contributed by atoms with Gasteiger partial charge in [0.15, 0.2) is 0 Å². The van der Waals surface area contributed by atoms with Crippen molar-refractivity contribution in [1.29, 1.82) is 0 Å². The number of hydrogen-bond donors (Lipinski definition) is 0. The summed E-state index contributed by atoms with van der Waals surface area (Å²) in [5.74, 6) is 0.706. The van der Waals surface area contributed by atoms with E-state index in [0.717, 1.165) is 31.6 Å². The largest absolute Gasteiger partial charge is 0.496 e. The van der Waals surface area contributed by atoms with Gasteiger partial charge in [-0.2, -0.15) is 0 Å². The summed E-state index contributed by atoms with van der Waals surface area (Å²) in [6.45, 7) is 2.78. The second kappa shape index (κ2) is 10.3. The first kappa shape index (κ1) is 24.9. The summed E-state index contributed by atoms with van der Waals surface area (Å²) in [4.78, 5) is 47.8. The van der Waals surface area contributed by atoms with Gasteiger partial charge in [0.2, 0.25) is 5.91 Å². The molecule has 3 amide bonds. The van der Waals surface area contributed by atoms with E-state index in [1.807, 2.05) is 35.2 Å². The smallest absolute Gasteiger partial charge is 0.261 e. The average molecular weight is 507 g/mol. The lowest BCUT2D eigenvalue weighted by molar-refractivity contribution is -0.140. The lowest BCUT2D eigenvalue weighted by Crippen LogP contribution is -2.57. The number of para-hydroxylation sites is 1. The van der Waals surface area contributed by atoms with E-state index in [1.165, 1.54) is 14.2 Å². The van der Waals surface area contributed by atoms with E-state index >= 15 is 0 Å². The van der Waals surface area contributed by atoms with Crippen molar-refractivity contribution in [2.45, 2.75) is 31.2 Å². The molecule has 0 aromatic heterocycles. The van der Waals surface area contributed by atoms with Crippen molar-refractivity contribution >= 4 is 23.4 Å². The zero-order chi connectivity index (χ0) is 26.0. The first-order valence-corrected chi connectivity index (χ1v) is 12.9. The second-order valence-electron chi connectivity index (χ2n) is 9.86. The summed E-state index contributed by atoms with van der Waals surface area (Å²) in [6.07, 6.45) is 2.97. The molecule has 37 heavy (non-hydrogen) atoms. The lowest BCUT2D eigenvalue weighted by atomic mass is 9.85. The Hall–Kier alpha value is -3.75. The fourth-order valence-electron chi connectivity index (χ4n) is 5.85. The van der Waals surface area contributed by atoms with Gasteiger partial charge in [-0.25, -0.2) is 0 Å². The van der Waals surface area contributed by atoms with E-state index in [9.17, 15) is 14.4 Å². The van der Waals surface area contributed by atoms with Crippen LogP contribution in [0.25, 0.3) is 0 Å². The number of benzene rings is 2. The summed E-state index contributed by atoms with van der Waals surface area (Å²) >= 11 is 0. The molecule has 2 aromatic rings. The van der Waals surface area contributed by atoms with Crippen LogP contribution in [0.15, 0.2) is 48.5 Å². The van der Waals surface area contributed by atoms with Gasteiger partial charge in [-0.05, 0) is 49.9 Å². The van der Waals surface area contributed by atoms with Crippen molar-refractivity contribution in [2.24, 2.45) is 0 Å². The molecule has 9 nitrogen and oxygen atoms in total. The second-order valence-corrected chi connectivity index (χ2v) is 9.86. The molecule has 0 aliphatic carbocycles. The Labute approximate surface area is 217 Å². The fraction of sp³-hybridized carbons (Fsp3) is 0.464. The molecule has 3 aliphatic heterocycles. The maximum Gasteiger partial charge on any atom is 0.261 e. The first-order valence-electron chi connectivity index (χ1n) is 12.9. The van der Waals surface area contributed by atoms with Crippen molar-refractivity contribution in [3.8, 4) is 11.5 Å². The Morgan fingerprint density at radius 1 is 0.838 bits per heavy atom. The minimum absolute atomic E-state index is 0.00629. The highest BCUT2D eigenvalue weighted by Gasteiger charge is 2.54. The Kier molecular flexibility index (Phi) is 6.95. The maximum absolute atomic E-state index is 13.9. The molecule has 5 rings (SSSR count). The first-order chi connectivity index (χ1) is 18.0. The molecule has 0 atom stereocenters. The monoisotopic (exact) mass is 506 g/mol. The van der Waals surface area contributed by atoms with Crippen LogP contribution in [0.1, 0.15) is 36.0 Å². The molecule has 0 unspecified atom stereocenters. The summed E-state index contributed by atoms with van der Waals surface area (Å²) in [5, 5.41) is 0. The zero-order valence-corrected chi connectivity index (χ0v) is 21.5. The molecule has 0 bridgehead atoms. The Morgan fingerprint density at radius 3 is 2.05 bits per heavy atom. The minimum Gasteiger partial charge on any atom is -0.496 e. The molecule has 9 heteroatoms. The third kappa shape index (κ3) is 4.47. The van der Waals surface area contributed by atoms with Crippen LogP contribution in [-0.4, -0.2) is 91.6 Å². The van der Waals surface area contributed by atoms with E-state index in [2.05, 4.69) is 4.90 Å². The maximum atomic E-state index is 13.9. The van der Waals surface area contributed by atoms with Gasteiger partial charge in [0, 0.05) is 31.9 Å². The zero-order valence-electron chi connectivity index (χ0n) is 21.5. The van der Waals surface area contributed by atoms with Crippen molar-refractivity contribution in [3.05, 3.63) is 54.1 Å². The van der Waals surface area contributed by atoms with E-state index in [1.54, 1.807) is 28.0 Å². The van der Waals surface area contributed by atoms with Crippen molar-refractivity contribution < 1.29 is 23.9 Å². The molecule has 3 saturated heterocycles. The minimum atomic E-state index is -0.797. The number of piperidine rings is 1. The SMILES string of the molecule is COc1cccc(OC)c1C(=O)N1CCC2(CC1)C(=O)N(CC(=O)N1CCCC1)CN2c1ccccc1. The molecule has 3 fully saturated rings. The molecular formula is C28H34N4O5. The van der Waals surface area contributed by atoms with Crippen molar-refractivity contribution in [3.63, 3.8) is 0 Å². The van der Waals surface area contributed by atoms with Gasteiger partial charge in [-0.3, -0.25) is 14.4 Å². The molecule has 0 N–H and O–H groups in total. The predicted octanol–water partition coefficient (Wildman–Crippen LogP) is 2.61. The average Bonchev–Trinajstić information content (AvgIpc) is 3.57. The van der Waals surface area contributed by atoms with Crippen LogP contribution in [0.3, 0.4) is 0 Å². The Bertz CT molecular complexity index is 1130. The number of amides is 3. The molecule has 0 saturated carbocycles. The van der Waals surface area contributed by atoms with Crippen LogP contribution in [-0.2, 0) is 9.59 Å². The molecule has 196 valence electrons. The van der Waals surface area contributed by atoms with Gasteiger partial charge in [0.1, 0.15) is 29.1 Å². The van der Waals surface area contributed by atoms with Crippen LogP contribution in [0.5, 0.6) is 11.5 Å². The number of carbonyl (C=O) groups is 3. The number of carbonyl (C=O) groups excluding carboxylic acids is 3. The van der Waals surface area contributed by atoms with Gasteiger partial charge in [-0.1, -0.05) is 24.3 Å². The van der Waals surface area contributed by atoms with Crippen LogP contribution < -0.4 is 14.4 Å². The number of likely N-dealkylation sites (tertiary alicyclic amines) is 2. The third-order valence-electron chi connectivity index (χ3n) is 7.89. The molecule has 2 aromatic carbocycles. The van der Waals surface area contributed by atoms with E-state index < -0.39 is 5.54 Å². The fourth-order valence-corrected chi connectivity index (χ4v) is 5.85.